The third-order valence-electron chi connectivity index (χ3n) is 18.7. The highest BCUT2D eigenvalue weighted by molar-refractivity contribution is 6.35. The van der Waals surface area contributed by atoms with Crippen molar-refractivity contribution in [3.05, 3.63) is 323 Å². The van der Waals surface area contributed by atoms with E-state index in [4.69, 9.17) is 38.3 Å². The zero-order valence-corrected chi connectivity index (χ0v) is 62.6. The fraction of sp³-hybridized carbons (Fsp3) is 0.169. The molecule has 4 aromatic carbocycles. The fourth-order valence-corrected chi connectivity index (χ4v) is 13.7. The molecule has 0 radical (unpaired) electrons. The summed E-state index contributed by atoms with van der Waals surface area (Å²) in [4.78, 5) is 71.0. The lowest BCUT2D eigenvalue weighted by atomic mass is 10.0. The number of carbonyl (C=O) groups excluding carboxylic acids is 2. The summed E-state index contributed by atoms with van der Waals surface area (Å²) in [5.74, 6) is 2.93. The largest absolute Gasteiger partial charge is 0.494 e. The second kappa shape index (κ2) is 30.7. The quantitative estimate of drug-likeness (QED) is 0.0530. The van der Waals surface area contributed by atoms with Gasteiger partial charge >= 0.3 is 0 Å². The van der Waals surface area contributed by atoms with E-state index in [1.807, 2.05) is 156 Å². The van der Waals surface area contributed by atoms with Gasteiger partial charge in [0.1, 0.15) is 29.3 Å². The Balaban J connectivity index is 0.000000121. The standard InChI is InChI=1S/C25H21N3O3.C22H23N3O.C21H19N3O2.C21H21N3O/c1-14-10-15(2)26-19(14)11-20-22(30-3)12-21(27-20)24-23(25(29)16-8-9-31-13-16)17-6-4-5-7-18(17)28-24;1-13(2)26-22-12-20(19-10-16-7-5-6-8-17(16)24-19)25-21(22)11-18-14(3)9-15(4)23-18;1-12-8-13(2)22-17(12)9-18-20(26-3)10-19(23-18)21-15(11-25)14-6-4-5-7-16(14)24-21;1-4-25-21-12-19(18-10-15-7-5-6-8-16(15)23-18)24-20(21)11-17-13(2)9-14(3)22-17/h4-13,26-27H,1-3H3;5-13,23,25H,1-4H3;4-11,22-23H,1-3H3;5-12,22,24H,4H2,1-3H3/b20-11-,24-21?;20-19?,21-11-;18-9-,21-19?;19-18?,20-11-. The van der Waals surface area contributed by atoms with Gasteiger partial charge in [-0.2, -0.15) is 0 Å². The molecule has 0 saturated carbocycles. The van der Waals surface area contributed by atoms with Crippen molar-refractivity contribution >= 4 is 82.5 Å². The van der Waals surface area contributed by atoms with E-state index in [1.54, 1.807) is 20.3 Å². The van der Waals surface area contributed by atoms with E-state index in [0.29, 0.717) is 51.6 Å². The summed E-state index contributed by atoms with van der Waals surface area (Å²) in [5, 5.41) is 14.5. The van der Waals surface area contributed by atoms with Crippen molar-refractivity contribution in [3.63, 3.8) is 0 Å². The van der Waals surface area contributed by atoms with Gasteiger partial charge in [0.25, 0.3) is 0 Å². The summed E-state index contributed by atoms with van der Waals surface area (Å²) < 4.78 is 28.1. The number of para-hydroxylation sites is 4. The van der Waals surface area contributed by atoms with Crippen LogP contribution in [0.2, 0.25) is 0 Å². The molecule has 0 unspecified atom stereocenters. The Bertz CT molecular complexity index is 6760. The lowest BCUT2D eigenvalue weighted by Gasteiger charge is -2.06. The molecule has 13 heterocycles. The number of ether oxygens (including phenoxy) is 4. The normalized spacial score (nSPS) is 15.6. The Kier molecular flexibility index (Phi) is 20.4. The summed E-state index contributed by atoms with van der Waals surface area (Å²) >= 11 is 0. The summed E-state index contributed by atoms with van der Waals surface area (Å²) in [5.41, 5.74) is 18.1. The average Bonchev–Trinajstić information content (AvgIpc) is 1.61. The molecule has 0 aliphatic carbocycles. The van der Waals surface area contributed by atoms with E-state index in [1.165, 1.54) is 23.7 Å². The zero-order chi connectivity index (χ0) is 75.4. The molecule has 8 N–H and O–H groups in total. The van der Waals surface area contributed by atoms with E-state index in [-0.39, 0.29) is 11.9 Å². The molecule has 17 rings (SSSR count). The molecule has 108 heavy (non-hydrogen) atoms. The van der Waals surface area contributed by atoms with Crippen LogP contribution in [-0.2, 0) is 4.79 Å². The minimum atomic E-state index is -0.132. The first-order valence-electron chi connectivity index (χ1n) is 35.8. The van der Waals surface area contributed by atoms with Gasteiger partial charge in [-0.25, -0.2) is 20.0 Å². The van der Waals surface area contributed by atoms with Crippen molar-refractivity contribution in [1.29, 1.82) is 0 Å². The van der Waals surface area contributed by atoms with Crippen LogP contribution < -0.4 is 104 Å². The van der Waals surface area contributed by atoms with Gasteiger partial charge in [-0.1, -0.05) is 72.8 Å². The number of hydrogen-bond acceptors (Lipinski definition) is 11. The molecule has 13 aromatic rings. The van der Waals surface area contributed by atoms with E-state index < -0.39 is 0 Å². The number of carbonyl (C=O) groups is 2. The lowest BCUT2D eigenvalue weighted by Crippen LogP contribution is -2.24. The van der Waals surface area contributed by atoms with Crippen LogP contribution in [0.1, 0.15) is 98.9 Å². The molecule has 0 fully saturated rings. The molecular weight excluding hydrogens is 1350 g/mol. The minimum absolute atomic E-state index is 0.101. The minimum Gasteiger partial charge on any atom is -0.494 e. The first kappa shape index (κ1) is 71.6. The highest BCUT2D eigenvalue weighted by Crippen LogP contribution is 2.22. The van der Waals surface area contributed by atoms with Crippen LogP contribution >= 0.6 is 0 Å². The van der Waals surface area contributed by atoms with Gasteiger partial charge in [-0.15, -0.1) is 0 Å². The molecule has 542 valence electrons. The summed E-state index contributed by atoms with van der Waals surface area (Å²) in [6, 6.07) is 49.6. The molecule has 0 bridgehead atoms. The topological polar surface area (TPSA) is 260 Å². The van der Waals surface area contributed by atoms with Gasteiger partial charge in [0.05, 0.1) is 137 Å². The maximum Gasteiger partial charge on any atom is 0.199 e. The van der Waals surface area contributed by atoms with Crippen molar-refractivity contribution in [1.82, 2.24) is 39.9 Å². The van der Waals surface area contributed by atoms with Crippen LogP contribution in [0.3, 0.4) is 0 Å². The number of Topliss-reactive ketones (excluding diaryl/α,β-unsaturated/α-hetero) is 1. The molecule has 0 spiro atoms. The third-order valence-corrected chi connectivity index (χ3v) is 18.7. The van der Waals surface area contributed by atoms with E-state index >= 15 is 0 Å². The fourth-order valence-electron chi connectivity index (χ4n) is 13.7. The van der Waals surface area contributed by atoms with Crippen LogP contribution in [-0.4, -0.2) is 78.9 Å². The van der Waals surface area contributed by atoms with Crippen molar-refractivity contribution in [3.8, 4) is 23.0 Å². The molecule has 9 aromatic heterocycles. The van der Waals surface area contributed by atoms with Crippen LogP contribution in [0.5, 0.6) is 23.0 Å². The van der Waals surface area contributed by atoms with Crippen LogP contribution in [0.4, 0.5) is 0 Å². The highest BCUT2D eigenvalue weighted by atomic mass is 16.5. The van der Waals surface area contributed by atoms with Crippen LogP contribution in [0.15, 0.2) is 189 Å². The number of H-pyrrole nitrogens is 8. The van der Waals surface area contributed by atoms with Crippen molar-refractivity contribution in [2.45, 2.75) is 82.3 Å². The monoisotopic (exact) mass is 1430 g/mol. The summed E-state index contributed by atoms with van der Waals surface area (Å²) in [6.45, 7) is 23.2. The number of methoxy groups -OCH3 is 2. The number of aromatic amines is 8. The Labute approximate surface area is 620 Å². The third kappa shape index (κ3) is 15.1. The number of aldehydes is 1. The second-order valence-electron chi connectivity index (χ2n) is 27.2. The van der Waals surface area contributed by atoms with Crippen molar-refractivity contribution in [2.24, 2.45) is 20.0 Å². The second-order valence-corrected chi connectivity index (χ2v) is 27.2. The number of aryl methyl sites for hydroxylation is 8. The van der Waals surface area contributed by atoms with E-state index in [2.05, 4.69) is 147 Å². The van der Waals surface area contributed by atoms with Gasteiger partial charge in [0.15, 0.2) is 12.1 Å². The van der Waals surface area contributed by atoms with Gasteiger partial charge in [0, 0.05) is 90.7 Å². The molecule has 19 heteroatoms. The molecule has 0 atom stereocenters. The number of benzene rings is 4. The smallest absolute Gasteiger partial charge is 0.199 e. The maximum absolute atomic E-state index is 13.3. The summed E-state index contributed by atoms with van der Waals surface area (Å²) in [7, 11) is 3.26. The van der Waals surface area contributed by atoms with Gasteiger partial charge in [0.2, 0.25) is 0 Å². The molecule has 4 aliphatic heterocycles. The van der Waals surface area contributed by atoms with Crippen molar-refractivity contribution < 1.29 is 33.0 Å². The predicted molar refractivity (Wildman–Crippen MR) is 423 cm³/mol. The number of fused-ring (bicyclic) bond motifs is 4. The van der Waals surface area contributed by atoms with Crippen molar-refractivity contribution in [2.75, 3.05) is 20.8 Å². The number of ketones is 1. The maximum atomic E-state index is 13.3. The van der Waals surface area contributed by atoms with Gasteiger partial charge < -0.3 is 63.2 Å². The number of nitrogens with zero attached hydrogens (tertiary/aromatic N) is 4. The van der Waals surface area contributed by atoms with E-state index in [0.717, 1.165) is 166 Å². The molecule has 19 nitrogen and oxygen atoms in total. The first-order valence-corrected chi connectivity index (χ1v) is 35.8. The molecular formula is C89H84N12O7. The highest BCUT2D eigenvalue weighted by Gasteiger charge is 2.25. The van der Waals surface area contributed by atoms with Gasteiger partial charge in [-0.05, 0) is 189 Å². The van der Waals surface area contributed by atoms with Crippen LogP contribution in [0, 0.1) is 55.4 Å². The predicted octanol–water partition coefficient (Wildman–Crippen LogP) is 5.66. The molecule has 4 aliphatic rings. The van der Waals surface area contributed by atoms with E-state index in [9.17, 15) is 9.59 Å². The number of rotatable bonds is 13. The Morgan fingerprint density at radius 1 is 0.454 bits per heavy atom. The Morgan fingerprint density at radius 2 is 0.852 bits per heavy atom. The zero-order valence-electron chi connectivity index (χ0n) is 62.6. The number of aromatic nitrogens is 8. The summed E-state index contributed by atoms with van der Waals surface area (Å²) in [6.07, 6.45) is 16.3. The Hall–Kier alpha value is -13.4. The number of furan rings is 1. The van der Waals surface area contributed by atoms with Gasteiger partial charge in [-0.3, -0.25) is 9.59 Å². The number of nitrogens with one attached hydrogen (secondary N) is 8. The average molecular weight is 1430 g/mol. The molecule has 0 amide bonds. The van der Waals surface area contributed by atoms with Crippen LogP contribution in [0.25, 0.3) is 70.4 Å². The lowest BCUT2D eigenvalue weighted by molar-refractivity contribution is -0.103. The number of hydrogen-bond donors (Lipinski definition) is 8. The Morgan fingerprint density at radius 3 is 1.28 bits per heavy atom. The first-order chi connectivity index (χ1) is 52.3. The molecule has 0 saturated heterocycles. The SMILES string of the molecule is CCOc1cc(=C2C=c3ccccc3=N2)[nH]/c1=C\c1[nH]c(C)cc1C.COc1cc(=C2N=c3ccccc3=C2C(=O)c2ccoc2)[nH]/c1=C\c1[nH]c(C)cc1C.COc1cc(=C2N=c3ccccc3=C2C=O)[nH]/c1=C\c1[nH]c(C)cc1C.Cc1cc(C)c(/C=c2\[nH]c(=C3C=c4ccccc4=N3)cc2OC(C)C)[nH]1.